The van der Waals surface area contributed by atoms with Gasteiger partial charge in [-0.25, -0.2) is 19.7 Å². The molecule has 0 fully saturated rings. The van der Waals surface area contributed by atoms with Crippen molar-refractivity contribution in [2.75, 3.05) is 0 Å². The fraction of sp³-hybridized carbons (Fsp3) is 0.0909. The minimum Gasteiger partial charge on any atom is -0.478 e. The summed E-state index contributed by atoms with van der Waals surface area (Å²) in [5.41, 5.74) is 0.716. The van der Waals surface area contributed by atoms with E-state index in [0.29, 0.717) is 10.7 Å². The van der Waals surface area contributed by atoms with E-state index in [1.165, 1.54) is 18.1 Å². The van der Waals surface area contributed by atoms with Crippen LogP contribution in [0.25, 0.3) is 0 Å². The van der Waals surface area contributed by atoms with Crippen molar-refractivity contribution in [3.8, 4) is 0 Å². The van der Waals surface area contributed by atoms with Crippen LogP contribution in [0.1, 0.15) is 16.1 Å². The molecule has 0 bridgehead atoms. The van der Waals surface area contributed by atoms with Crippen molar-refractivity contribution in [3.05, 3.63) is 42.0 Å². The summed E-state index contributed by atoms with van der Waals surface area (Å²) in [6.45, 7) is 1.67. The summed E-state index contributed by atoms with van der Waals surface area (Å²) in [6.07, 6.45) is 3.11. The van der Waals surface area contributed by atoms with Crippen LogP contribution in [-0.4, -0.2) is 26.0 Å². The van der Waals surface area contributed by atoms with Crippen LogP contribution in [0.5, 0.6) is 0 Å². The molecule has 0 aliphatic carbocycles. The van der Waals surface area contributed by atoms with Gasteiger partial charge in [-0.05, 0) is 36.9 Å². The third kappa shape index (κ3) is 2.79. The minimum atomic E-state index is -0.964. The number of hydrogen-bond acceptors (Lipinski definition) is 5. The number of pyridine rings is 1. The summed E-state index contributed by atoms with van der Waals surface area (Å²) in [5, 5.41) is 10.4. The lowest BCUT2D eigenvalue weighted by atomic mass is 10.2. The minimum absolute atomic E-state index is 0.219. The molecule has 0 atom stereocenters. The first-order chi connectivity index (χ1) is 8.16. The normalized spacial score (nSPS) is 10.2. The van der Waals surface area contributed by atoms with E-state index in [1.807, 2.05) is 0 Å². The lowest BCUT2D eigenvalue weighted by Gasteiger charge is -2.03. The van der Waals surface area contributed by atoms with Gasteiger partial charge in [-0.1, -0.05) is 0 Å². The largest absolute Gasteiger partial charge is 0.478 e. The van der Waals surface area contributed by atoms with Crippen molar-refractivity contribution >= 4 is 17.7 Å². The first-order valence-electron chi connectivity index (χ1n) is 4.81. The van der Waals surface area contributed by atoms with Gasteiger partial charge >= 0.3 is 5.97 Å². The van der Waals surface area contributed by atoms with E-state index in [1.54, 1.807) is 31.3 Å². The van der Waals surface area contributed by atoms with Crippen LogP contribution in [0, 0.1) is 6.92 Å². The molecule has 0 aliphatic heterocycles. The summed E-state index contributed by atoms with van der Waals surface area (Å²) in [5.74, 6) is -0.964. The standard InChI is InChI=1S/C11H9N3O2S/c1-7-8(11(15)16)2-3-10(14-7)17-9-4-5-12-6-13-9/h2-6H,1H3,(H,15,16). The van der Waals surface area contributed by atoms with E-state index >= 15 is 0 Å². The Labute approximate surface area is 102 Å². The Kier molecular flexibility index (Phi) is 3.34. The highest BCUT2D eigenvalue weighted by molar-refractivity contribution is 7.99. The molecule has 2 rings (SSSR count). The van der Waals surface area contributed by atoms with Crippen molar-refractivity contribution in [2.45, 2.75) is 17.0 Å². The average molecular weight is 247 g/mol. The van der Waals surface area contributed by atoms with Gasteiger partial charge < -0.3 is 5.11 Å². The van der Waals surface area contributed by atoms with E-state index in [2.05, 4.69) is 15.0 Å². The Morgan fingerprint density at radius 2 is 2.12 bits per heavy atom. The second-order valence-corrected chi connectivity index (χ2v) is 4.28. The summed E-state index contributed by atoms with van der Waals surface area (Å²) < 4.78 is 0. The lowest BCUT2D eigenvalue weighted by Crippen LogP contribution is -2.01. The zero-order chi connectivity index (χ0) is 12.3. The molecule has 2 heterocycles. The average Bonchev–Trinajstić information content (AvgIpc) is 2.30. The summed E-state index contributed by atoms with van der Waals surface area (Å²) >= 11 is 1.37. The van der Waals surface area contributed by atoms with Gasteiger partial charge in [0.2, 0.25) is 0 Å². The van der Waals surface area contributed by atoms with Crippen molar-refractivity contribution in [2.24, 2.45) is 0 Å². The number of carbonyl (C=O) groups is 1. The molecule has 0 saturated heterocycles. The second kappa shape index (κ2) is 4.92. The van der Waals surface area contributed by atoms with Crippen LogP contribution in [0.2, 0.25) is 0 Å². The maximum atomic E-state index is 10.8. The van der Waals surface area contributed by atoms with Crippen molar-refractivity contribution in [1.29, 1.82) is 0 Å². The molecule has 0 amide bonds. The number of aryl methyl sites for hydroxylation is 1. The molecule has 0 aromatic carbocycles. The monoisotopic (exact) mass is 247 g/mol. The SMILES string of the molecule is Cc1nc(Sc2ccncn2)ccc1C(=O)O. The van der Waals surface area contributed by atoms with Crippen molar-refractivity contribution in [3.63, 3.8) is 0 Å². The summed E-state index contributed by atoms with van der Waals surface area (Å²) in [6, 6.07) is 4.99. The van der Waals surface area contributed by atoms with E-state index in [0.717, 1.165) is 5.03 Å². The molecule has 0 aliphatic rings. The predicted molar refractivity (Wildman–Crippen MR) is 62.1 cm³/mol. The zero-order valence-corrected chi connectivity index (χ0v) is 9.81. The van der Waals surface area contributed by atoms with Crippen LogP contribution >= 0.6 is 11.8 Å². The highest BCUT2D eigenvalue weighted by Crippen LogP contribution is 2.24. The third-order valence-corrected chi connectivity index (χ3v) is 2.94. The number of rotatable bonds is 3. The highest BCUT2D eigenvalue weighted by atomic mass is 32.2. The summed E-state index contributed by atoms with van der Waals surface area (Å²) in [7, 11) is 0. The molecular formula is C11H9N3O2S. The Hall–Kier alpha value is -1.95. The summed E-state index contributed by atoms with van der Waals surface area (Å²) in [4.78, 5) is 22.9. The van der Waals surface area contributed by atoms with E-state index < -0.39 is 5.97 Å². The zero-order valence-electron chi connectivity index (χ0n) is 8.99. The number of hydrogen-bond donors (Lipinski definition) is 1. The molecule has 0 saturated carbocycles. The van der Waals surface area contributed by atoms with Gasteiger partial charge in [0.25, 0.3) is 0 Å². The van der Waals surface area contributed by atoms with Crippen LogP contribution in [0.4, 0.5) is 0 Å². The fourth-order valence-corrected chi connectivity index (χ4v) is 2.03. The number of nitrogens with zero attached hydrogens (tertiary/aromatic N) is 3. The quantitative estimate of drug-likeness (QED) is 0.836. The number of carboxylic acid groups (broad SMARTS) is 1. The van der Waals surface area contributed by atoms with Gasteiger partial charge in [0.1, 0.15) is 16.4 Å². The van der Waals surface area contributed by atoms with Gasteiger partial charge in [-0.2, -0.15) is 0 Å². The third-order valence-electron chi connectivity index (χ3n) is 2.05. The van der Waals surface area contributed by atoms with E-state index in [9.17, 15) is 4.79 Å². The predicted octanol–water partition coefficient (Wildman–Crippen LogP) is 2.03. The molecule has 17 heavy (non-hydrogen) atoms. The molecule has 5 nitrogen and oxygen atoms in total. The van der Waals surface area contributed by atoms with Crippen molar-refractivity contribution < 1.29 is 9.90 Å². The molecule has 6 heteroatoms. The molecule has 2 aromatic rings. The second-order valence-electron chi connectivity index (χ2n) is 3.24. The van der Waals surface area contributed by atoms with Gasteiger partial charge in [-0.15, -0.1) is 0 Å². The van der Waals surface area contributed by atoms with Crippen molar-refractivity contribution in [1.82, 2.24) is 15.0 Å². The Morgan fingerprint density at radius 1 is 1.29 bits per heavy atom. The van der Waals surface area contributed by atoms with E-state index in [-0.39, 0.29) is 5.56 Å². The maximum Gasteiger partial charge on any atom is 0.337 e. The Bertz CT molecular complexity index is 546. The molecule has 2 aromatic heterocycles. The van der Waals surface area contributed by atoms with Gasteiger partial charge in [0, 0.05) is 6.20 Å². The highest BCUT2D eigenvalue weighted by Gasteiger charge is 2.09. The van der Waals surface area contributed by atoms with Gasteiger partial charge in [0.05, 0.1) is 11.3 Å². The lowest BCUT2D eigenvalue weighted by molar-refractivity contribution is 0.0695. The Morgan fingerprint density at radius 3 is 2.71 bits per heavy atom. The molecule has 0 radical (unpaired) electrons. The molecule has 0 spiro atoms. The topological polar surface area (TPSA) is 76.0 Å². The number of aromatic nitrogens is 3. The molecular weight excluding hydrogens is 238 g/mol. The van der Waals surface area contributed by atoms with Crippen LogP contribution < -0.4 is 0 Å². The molecule has 1 N–H and O–H groups in total. The van der Waals surface area contributed by atoms with Gasteiger partial charge in [0.15, 0.2) is 0 Å². The van der Waals surface area contributed by atoms with E-state index in [4.69, 9.17) is 5.11 Å². The smallest absolute Gasteiger partial charge is 0.337 e. The Balaban J connectivity index is 2.24. The van der Waals surface area contributed by atoms with Crippen LogP contribution in [0.15, 0.2) is 40.8 Å². The molecule has 86 valence electrons. The fourth-order valence-electron chi connectivity index (χ4n) is 1.27. The first-order valence-corrected chi connectivity index (χ1v) is 5.63. The first kappa shape index (κ1) is 11.5. The number of aromatic carboxylic acids is 1. The molecule has 0 unspecified atom stereocenters. The number of carboxylic acids is 1. The van der Waals surface area contributed by atoms with Crippen LogP contribution in [0.3, 0.4) is 0 Å². The van der Waals surface area contributed by atoms with Gasteiger partial charge in [-0.3, -0.25) is 0 Å². The van der Waals surface area contributed by atoms with Crippen LogP contribution in [-0.2, 0) is 0 Å². The maximum absolute atomic E-state index is 10.8.